The van der Waals surface area contributed by atoms with Crippen LogP contribution in [0.2, 0.25) is 0 Å². The van der Waals surface area contributed by atoms with Crippen LogP contribution < -0.4 is 24.8 Å². The number of ether oxygens (including phenoxy) is 3. The normalized spacial score (nSPS) is 28.4. The average molecular weight is 739 g/mol. The van der Waals surface area contributed by atoms with Crippen molar-refractivity contribution >= 4 is 44.7 Å². The van der Waals surface area contributed by atoms with Gasteiger partial charge in [-0.3, -0.25) is 19.1 Å². The molecule has 5 atom stereocenters. The van der Waals surface area contributed by atoms with Gasteiger partial charge in [-0.05, 0) is 63.1 Å². The third kappa shape index (κ3) is 7.54. The van der Waals surface area contributed by atoms with Crippen molar-refractivity contribution in [3.8, 4) is 11.6 Å². The summed E-state index contributed by atoms with van der Waals surface area (Å²) in [6.45, 7) is 4.94. The Bertz CT molecular complexity index is 1870. The van der Waals surface area contributed by atoms with E-state index in [0.717, 1.165) is 30.2 Å². The second kappa shape index (κ2) is 14.5. The van der Waals surface area contributed by atoms with Crippen molar-refractivity contribution in [3.05, 3.63) is 42.5 Å². The molecule has 16 heteroatoms. The van der Waals surface area contributed by atoms with Crippen molar-refractivity contribution in [2.45, 2.75) is 86.8 Å². The van der Waals surface area contributed by atoms with Crippen molar-refractivity contribution in [1.82, 2.24) is 30.1 Å². The number of carbonyl (C=O) groups excluding carboxylic acids is 4. The van der Waals surface area contributed by atoms with Gasteiger partial charge in [0.25, 0.3) is 5.91 Å². The minimum Gasteiger partial charge on any atom is -0.497 e. The van der Waals surface area contributed by atoms with E-state index in [1.54, 1.807) is 12.0 Å². The van der Waals surface area contributed by atoms with Crippen molar-refractivity contribution < 1.29 is 41.8 Å². The monoisotopic (exact) mass is 738 g/mol. The molecule has 1 aromatic carbocycles. The van der Waals surface area contributed by atoms with E-state index in [1.807, 2.05) is 24.3 Å². The van der Waals surface area contributed by atoms with Gasteiger partial charge in [0, 0.05) is 49.1 Å². The van der Waals surface area contributed by atoms with Gasteiger partial charge in [0.15, 0.2) is 0 Å². The number of urea groups is 1. The Morgan fingerprint density at radius 3 is 2.69 bits per heavy atom. The molecule has 280 valence electrons. The number of nitrogens with one attached hydrogen (secondary N) is 3. The van der Waals surface area contributed by atoms with Crippen LogP contribution in [-0.4, -0.2) is 116 Å². The fraction of sp³-hybridized carbons (Fsp3) is 0.583. The van der Waals surface area contributed by atoms with Gasteiger partial charge < -0.3 is 34.6 Å². The fourth-order valence-electron chi connectivity index (χ4n) is 7.42. The summed E-state index contributed by atoms with van der Waals surface area (Å²) in [5.41, 5.74) is 0.0326. The minimum atomic E-state index is -3.88. The van der Waals surface area contributed by atoms with Crippen LogP contribution in [0.25, 0.3) is 10.9 Å². The molecule has 3 aliphatic heterocycles. The summed E-state index contributed by atoms with van der Waals surface area (Å²) in [5.74, 6) is -1.43. The predicted molar refractivity (Wildman–Crippen MR) is 189 cm³/mol. The summed E-state index contributed by atoms with van der Waals surface area (Å²) in [6.07, 6.45) is 5.96. The Labute approximate surface area is 302 Å². The largest absolute Gasteiger partial charge is 0.497 e. The summed E-state index contributed by atoms with van der Waals surface area (Å²) in [7, 11) is -2.30. The van der Waals surface area contributed by atoms with E-state index in [9.17, 15) is 27.6 Å². The highest BCUT2D eigenvalue weighted by atomic mass is 32.2. The molecular formula is C36H46N6O9S. The van der Waals surface area contributed by atoms with Gasteiger partial charge in [0.05, 0.1) is 37.1 Å². The highest BCUT2D eigenvalue weighted by Crippen LogP contribution is 2.45. The molecule has 1 aromatic heterocycles. The van der Waals surface area contributed by atoms with Crippen LogP contribution >= 0.6 is 0 Å². The Morgan fingerprint density at radius 2 is 1.94 bits per heavy atom. The first-order valence-corrected chi connectivity index (χ1v) is 19.6. The van der Waals surface area contributed by atoms with Crippen molar-refractivity contribution in [2.75, 3.05) is 39.9 Å². The van der Waals surface area contributed by atoms with Gasteiger partial charge in [-0.25, -0.2) is 18.2 Å². The lowest BCUT2D eigenvalue weighted by molar-refractivity contribution is -0.139. The molecular weight excluding hydrogens is 692 g/mol. The maximum Gasteiger partial charge on any atom is 0.317 e. The van der Waals surface area contributed by atoms with Crippen molar-refractivity contribution in [3.63, 3.8) is 0 Å². The Kier molecular flexibility index (Phi) is 10.0. The van der Waals surface area contributed by atoms with Crippen LogP contribution in [0.1, 0.15) is 56.9 Å². The van der Waals surface area contributed by atoms with E-state index in [0.29, 0.717) is 62.5 Å². The van der Waals surface area contributed by atoms with E-state index < -0.39 is 62.6 Å². The number of carbonyl (C=O) groups is 4. The smallest absolute Gasteiger partial charge is 0.317 e. The van der Waals surface area contributed by atoms with E-state index in [1.165, 1.54) is 11.0 Å². The third-order valence-corrected chi connectivity index (χ3v) is 12.6. The first-order chi connectivity index (χ1) is 25.0. The van der Waals surface area contributed by atoms with Crippen LogP contribution in [-0.2, 0) is 35.6 Å². The number of sulfonamides is 1. The number of hydrogen-bond acceptors (Lipinski definition) is 10. The Morgan fingerprint density at radius 1 is 1.12 bits per heavy atom. The third-order valence-electron chi connectivity index (χ3n) is 10.7. The lowest BCUT2D eigenvalue weighted by Crippen LogP contribution is -2.57. The number of methoxy groups -OCH3 is 1. The summed E-state index contributed by atoms with van der Waals surface area (Å²) in [5, 5.41) is 5.78. The number of pyridine rings is 1. The lowest BCUT2D eigenvalue weighted by atomic mass is 10.1. The van der Waals surface area contributed by atoms with Crippen molar-refractivity contribution in [1.29, 1.82) is 0 Å². The number of nitrogens with zero attached hydrogens (tertiary/aromatic N) is 3. The van der Waals surface area contributed by atoms with E-state index in [2.05, 4.69) is 21.9 Å². The Hall–Kier alpha value is -4.44. The molecule has 52 heavy (non-hydrogen) atoms. The van der Waals surface area contributed by atoms with Gasteiger partial charge >= 0.3 is 6.03 Å². The van der Waals surface area contributed by atoms with Crippen LogP contribution in [0.15, 0.2) is 36.9 Å². The molecule has 15 nitrogen and oxygen atoms in total. The molecule has 4 heterocycles. The number of amides is 5. The summed E-state index contributed by atoms with van der Waals surface area (Å²) < 4.78 is 45.5. The molecule has 2 saturated heterocycles. The van der Waals surface area contributed by atoms with Crippen LogP contribution in [0, 0.1) is 5.92 Å². The van der Waals surface area contributed by atoms with Crippen LogP contribution in [0.4, 0.5) is 4.79 Å². The average Bonchev–Trinajstić information content (AvgIpc) is 4.02. The number of fused-ring (bicyclic) bond motifs is 6. The second-order valence-corrected chi connectivity index (χ2v) is 16.4. The zero-order valence-corrected chi connectivity index (χ0v) is 30.1. The van der Waals surface area contributed by atoms with E-state index in [-0.39, 0.29) is 32.0 Å². The van der Waals surface area contributed by atoms with Gasteiger partial charge in [-0.15, -0.1) is 6.58 Å². The van der Waals surface area contributed by atoms with Gasteiger partial charge in [0.1, 0.15) is 23.4 Å². The number of aryl methyl sites for hydroxylation is 1. The quantitative estimate of drug-likeness (QED) is 0.354. The van der Waals surface area contributed by atoms with Crippen molar-refractivity contribution in [2.24, 2.45) is 5.92 Å². The topological polar surface area (TPSA) is 186 Å². The van der Waals surface area contributed by atoms with E-state index in [4.69, 9.17) is 19.2 Å². The second-order valence-electron chi connectivity index (χ2n) is 14.4. The van der Waals surface area contributed by atoms with Gasteiger partial charge in [-0.1, -0.05) is 12.5 Å². The van der Waals surface area contributed by atoms with Crippen LogP contribution in [0.5, 0.6) is 11.6 Å². The molecule has 5 aliphatic rings. The number of hydrogen-bond donors (Lipinski definition) is 3. The maximum absolute atomic E-state index is 14.1. The van der Waals surface area contributed by atoms with Gasteiger partial charge in [0.2, 0.25) is 27.7 Å². The van der Waals surface area contributed by atoms with E-state index >= 15 is 0 Å². The molecule has 2 aromatic rings. The summed E-state index contributed by atoms with van der Waals surface area (Å²) in [6, 6.07) is 6.19. The molecule has 7 rings (SSSR count). The highest BCUT2D eigenvalue weighted by Gasteiger charge is 2.62. The first-order valence-electron chi connectivity index (χ1n) is 18.1. The molecule has 5 amide bonds. The maximum atomic E-state index is 14.1. The number of benzene rings is 1. The fourth-order valence-corrected chi connectivity index (χ4v) is 8.79. The molecule has 0 radical (unpaired) electrons. The molecule has 3 N–H and O–H groups in total. The zero-order chi connectivity index (χ0) is 36.6. The van der Waals surface area contributed by atoms with Crippen LogP contribution in [0.3, 0.4) is 0 Å². The molecule has 4 bridgehead atoms. The number of aromatic nitrogens is 1. The zero-order valence-electron chi connectivity index (χ0n) is 29.3. The Balaban J connectivity index is 1.16. The first kappa shape index (κ1) is 35.9. The molecule has 2 saturated carbocycles. The standard InChI is InChI=1S/C36H46N6O9S/c1-3-24-18-36(24,34(45)40-52(47,48)28-10-11-28)39-32(44)30-17-27-21-42(30)31(43)19-37-35(46)41-13-12-26(20-41)50-14-6-4-5-7-23-15-22-8-9-25(49-2)16-29(22)38-33(23)51-27/h3,8-9,15-16,24,26-28,30H,1,4-7,10-14,17-21H2,2H3,(H,37,46)(H,39,44)(H,40,45)/t24-,26+,27-,30+,36-/m1/s1. The number of rotatable bonds is 7. The summed E-state index contributed by atoms with van der Waals surface area (Å²) in [4.78, 5) is 62.2. The minimum absolute atomic E-state index is 0.0177. The van der Waals surface area contributed by atoms with Gasteiger partial charge in [-0.2, -0.15) is 0 Å². The molecule has 0 spiro atoms. The lowest BCUT2D eigenvalue weighted by Gasteiger charge is -2.27. The summed E-state index contributed by atoms with van der Waals surface area (Å²) >= 11 is 0. The molecule has 0 unspecified atom stereocenters. The highest BCUT2D eigenvalue weighted by molar-refractivity contribution is 7.91. The molecule has 4 fully saturated rings. The predicted octanol–water partition coefficient (Wildman–Crippen LogP) is 1.79. The SMILES string of the molecule is C=C[C@@H]1C[C@]1(NC(=O)[C@@H]1C[C@@H]2CN1C(=O)CNC(=O)N1CC[C@@H](C1)OCCCCCc1cc3ccc(OC)cc3nc1O2)C(=O)NS(=O)(=O)C1CC1. The molecule has 2 aliphatic carbocycles.